The van der Waals surface area contributed by atoms with E-state index >= 15 is 0 Å². The fourth-order valence-corrected chi connectivity index (χ4v) is 3.99. The number of carbonyl (C=O) groups is 3. The van der Waals surface area contributed by atoms with E-state index in [9.17, 15) is 14.4 Å². The first-order valence-electron chi connectivity index (χ1n) is 9.53. The minimum Gasteiger partial charge on any atom is -0.353 e. The van der Waals surface area contributed by atoms with Gasteiger partial charge in [0.25, 0.3) is 0 Å². The van der Waals surface area contributed by atoms with Gasteiger partial charge in [-0.1, -0.05) is 23.6 Å². The third kappa shape index (κ3) is 5.62. The van der Waals surface area contributed by atoms with Gasteiger partial charge in [-0.3, -0.25) is 14.5 Å². The lowest BCUT2D eigenvalue weighted by molar-refractivity contribution is -0.129. The molecule has 2 saturated heterocycles. The van der Waals surface area contributed by atoms with Crippen molar-refractivity contribution in [3.8, 4) is 12.3 Å². The maximum absolute atomic E-state index is 12.3. The molecule has 3 atom stereocenters. The van der Waals surface area contributed by atoms with Crippen LogP contribution in [0.15, 0.2) is 24.3 Å². The van der Waals surface area contributed by atoms with E-state index in [-0.39, 0.29) is 42.5 Å². The molecule has 2 aliphatic heterocycles. The van der Waals surface area contributed by atoms with E-state index in [2.05, 4.69) is 32.1 Å². The molecule has 9 heteroatoms. The summed E-state index contributed by atoms with van der Waals surface area (Å²) in [6.07, 6.45) is 6.61. The summed E-state index contributed by atoms with van der Waals surface area (Å²) in [4.78, 5) is 38.5. The predicted octanol–water partition coefficient (Wildman–Crippen LogP) is 0.932. The molecule has 1 aromatic carbocycles. The number of anilines is 1. The van der Waals surface area contributed by atoms with Crippen LogP contribution in [0.1, 0.15) is 19.3 Å². The molecule has 2 fully saturated rings. The minimum absolute atomic E-state index is 0.0390. The number of halogens is 1. The van der Waals surface area contributed by atoms with E-state index in [1.165, 1.54) is 0 Å². The highest BCUT2D eigenvalue weighted by molar-refractivity contribution is 6.30. The standard InChI is InChI=1S/C20H24ClN5O3/c1-2-8-22-18(27)7-6-16-11-23-19(28)17-10-15(12-26(16)17)25-20(29)24-14-5-3-4-13(21)9-14/h1,3-5,9,15-17H,6-8,10-12H2,(H,22,27)(H,23,28)(H2,24,25,29). The molecule has 2 heterocycles. The van der Waals surface area contributed by atoms with Crippen molar-refractivity contribution in [2.24, 2.45) is 0 Å². The largest absolute Gasteiger partial charge is 0.353 e. The highest BCUT2D eigenvalue weighted by Crippen LogP contribution is 2.26. The Morgan fingerprint density at radius 1 is 1.38 bits per heavy atom. The lowest BCUT2D eigenvalue weighted by atomic mass is 10.0. The SMILES string of the molecule is C#CCNC(=O)CCC1CNC(=O)C2CC(NC(=O)Nc3cccc(Cl)c3)CN12. The van der Waals surface area contributed by atoms with Gasteiger partial charge < -0.3 is 21.3 Å². The lowest BCUT2D eigenvalue weighted by Gasteiger charge is -2.37. The van der Waals surface area contributed by atoms with Crippen LogP contribution in [-0.2, 0) is 9.59 Å². The summed E-state index contributed by atoms with van der Waals surface area (Å²) in [6, 6.07) is 6.11. The van der Waals surface area contributed by atoms with E-state index in [0.29, 0.717) is 43.1 Å². The van der Waals surface area contributed by atoms with Crippen molar-refractivity contribution in [1.82, 2.24) is 20.9 Å². The zero-order valence-electron chi connectivity index (χ0n) is 15.9. The summed E-state index contributed by atoms with van der Waals surface area (Å²) in [5.41, 5.74) is 0.597. The molecule has 0 aromatic heterocycles. The van der Waals surface area contributed by atoms with Gasteiger partial charge in [0.05, 0.1) is 12.6 Å². The van der Waals surface area contributed by atoms with Gasteiger partial charge in [0.15, 0.2) is 0 Å². The first kappa shape index (κ1) is 21.0. The molecule has 0 bridgehead atoms. The quantitative estimate of drug-likeness (QED) is 0.517. The van der Waals surface area contributed by atoms with Gasteiger partial charge in [-0.15, -0.1) is 6.42 Å². The van der Waals surface area contributed by atoms with Gasteiger partial charge in [0, 0.05) is 42.3 Å². The van der Waals surface area contributed by atoms with Crippen LogP contribution < -0.4 is 21.3 Å². The molecule has 8 nitrogen and oxygen atoms in total. The van der Waals surface area contributed by atoms with Crippen LogP contribution in [0, 0.1) is 12.3 Å². The van der Waals surface area contributed by atoms with Crippen molar-refractivity contribution in [2.45, 2.75) is 37.4 Å². The van der Waals surface area contributed by atoms with Crippen LogP contribution in [0.5, 0.6) is 0 Å². The second kappa shape index (κ2) is 9.63. The first-order chi connectivity index (χ1) is 14.0. The maximum atomic E-state index is 12.3. The number of hydrogen-bond acceptors (Lipinski definition) is 4. The molecule has 0 radical (unpaired) electrons. The van der Waals surface area contributed by atoms with E-state index in [1.54, 1.807) is 24.3 Å². The van der Waals surface area contributed by atoms with Crippen molar-refractivity contribution in [3.05, 3.63) is 29.3 Å². The topological polar surface area (TPSA) is 103 Å². The molecule has 2 aliphatic rings. The number of urea groups is 1. The molecule has 4 N–H and O–H groups in total. The van der Waals surface area contributed by atoms with Crippen molar-refractivity contribution >= 4 is 35.1 Å². The van der Waals surface area contributed by atoms with Crippen LogP contribution in [0.3, 0.4) is 0 Å². The highest BCUT2D eigenvalue weighted by Gasteiger charge is 2.43. The molecule has 0 saturated carbocycles. The van der Waals surface area contributed by atoms with E-state index in [0.717, 1.165) is 0 Å². The average Bonchev–Trinajstić information content (AvgIpc) is 3.10. The summed E-state index contributed by atoms with van der Waals surface area (Å²) in [7, 11) is 0. The number of carbonyl (C=O) groups excluding carboxylic acids is 3. The molecule has 3 unspecified atom stereocenters. The maximum Gasteiger partial charge on any atom is 0.319 e. The summed E-state index contributed by atoms with van der Waals surface area (Å²) >= 11 is 5.93. The van der Waals surface area contributed by atoms with Crippen molar-refractivity contribution in [1.29, 1.82) is 0 Å². The number of nitrogens with one attached hydrogen (secondary N) is 4. The van der Waals surface area contributed by atoms with E-state index < -0.39 is 0 Å². The number of hydrogen-bond donors (Lipinski definition) is 4. The first-order valence-corrected chi connectivity index (χ1v) is 9.90. The van der Waals surface area contributed by atoms with Crippen molar-refractivity contribution in [3.63, 3.8) is 0 Å². The Morgan fingerprint density at radius 2 is 2.21 bits per heavy atom. The van der Waals surface area contributed by atoms with Crippen LogP contribution in [-0.4, -0.2) is 60.5 Å². The lowest BCUT2D eigenvalue weighted by Crippen LogP contribution is -2.58. The fourth-order valence-electron chi connectivity index (χ4n) is 3.80. The van der Waals surface area contributed by atoms with Gasteiger partial charge in [-0.05, 0) is 31.0 Å². The zero-order valence-corrected chi connectivity index (χ0v) is 16.7. The summed E-state index contributed by atoms with van der Waals surface area (Å²) in [5.74, 6) is 2.22. The van der Waals surface area contributed by atoms with Crippen molar-refractivity contribution in [2.75, 3.05) is 25.0 Å². The van der Waals surface area contributed by atoms with E-state index in [4.69, 9.17) is 18.0 Å². The second-order valence-electron chi connectivity index (χ2n) is 7.17. The zero-order chi connectivity index (χ0) is 20.8. The highest BCUT2D eigenvalue weighted by atomic mass is 35.5. The Morgan fingerprint density at radius 3 is 2.97 bits per heavy atom. The Labute approximate surface area is 174 Å². The van der Waals surface area contributed by atoms with Gasteiger partial charge in [0.1, 0.15) is 0 Å². The Bertz CT molecular complexity index is 825. The molecule has 0 spiro atoms. The summed E-state index contributed by atoms with van der Waals surface area (Å²) < 4.78 is 0. The minimum atomic E-state index is -0.345. The number of nitrogens with zero attached hydrogens (tertiary/aromatic N) is 1. The third-order valence-electron chi connectivity index (χ3n) is 5.13. The van der Waals surface area contributed by atoms with Gasteiger partial charge in [-0.2, -0.15) is 0 Å². The van der Waals surface area contributed by atoms with Gasteiger partial charge in [-0.25, -0.2) is 4.79 Å². The number of terminal acetylenes is 1. The van der Waals surface area contributed by atoms with E-state index in [1.807, 2.05) is 0 Å². The van der Waals surface area contributed by atoms with Crippen LogP contribution in [0.4, 0.5) is 10.5 Å². The monoisotopic (exact) mass is 417 g/mol. The number of amides is 4. The Balaban J connectivity index is 1.53. The normalized spacial score (nSPS) is 23.4. The summed E-state index contributed by atoms with van der Waals surface area (Å²) in [5, 5.41) is 11.8. The Hall–Kier alpha value is -2.76. The summed E-state index contributed by atoms with van der Waals surface area (Å²) in [6.45, 7) is 1.25. The molecule has 0 aliphatic carbocycles. The van der Waals surface area contributed by atoms with Crippen LogP contribution >= 0.6 is 11.6 Å². The smallest absolute Gasteiger partial charge is 0.319 e. The molecule has 154 valence electrons. The van der Waals surface area contributed by atoms with Crippen molar-refractivity contribution < 1.29 is 14.4 Å². The third-order valence-corrected chi connectivity index (χ3v) is 5.37. The fraction of sp³-hybridized carbons (Fsp3) is 0.450. The van der Waals surface area contributed by atoms with Gasteiger partial charge >= 0.3 is 6.03 Å². The van der Waals surface area contributed by atoms with Gasteiger partial charge in [0.2, 0.25) is 11.8 Å². The molecule has 1 aromatic rings. The number of piperazine rings is 1. The Kier molecular flexibility index (Phi) is 6.96. The molecule has 29 heavy (non-hydrogen) atoms. The number of benzene rings is 1. The molecule has 4 amide bonds. The van der Waals surface area contributed by atoms with Crippen LogP contribution in [0.2, 0.25) is 5.02 Å². The number of fused-ring (bicyclic) bond motifs is 1. The second-order valence-corrected chi connectivity index (χ2v) is 7.61. The molecular weight excluding hydrogens is 394 g/mol. The predicted molar refractivity (Wildman–Crippen MR) is 110 cm³/mol. The number of rotatable bonds is 6. The molecular formula is C20H24ClN5O3. The van der Waals surface area contributed by atoms with Crippen LogP contribution in [0.25, 0.3) is 0 Å². The average molecular weight is 418 g/mol. The molecule has 3 rings (SSSR count).